The summed E-state index contributed by atoms with van der Waals surface area (Å²) >= 11 is 0. The molecule has 3 aromatic rings. The van der Waals surface area contributed by atoms with Gasteiger partial charge in [-0.25, -0.2) is 0 Å². The molecule has 0 spiro atoms. The van der Waals surface area contributed by atoms with Gasteiger partial charge in [0, 0.05) is 31.7 Å². The molecule has 6 heteroatoms. The number of likely N-dealkylation sites (N-methyl/N-ethyl adjacent to an activating group) is 1. The Labute approximate surface area is 135 Å². The predicted octanol–water partition coefficient (Wildman–Crippen LogP) is 1.85. The molecule has 1 aliphatic rings. The molecule has 0 unspecified atom stereocenters. The van der Waals surface area contributed by atoms with E-state index in [2.05, 4.69) is 58.2 Å². The van der Waals surface area contributed by atoms with Gasteiger partial charge >= 0.3 is 0 Å². The van der Waals surface area contributed by atoms with Crippen LogP contribution in [0.2, 0.25) is 0 Å². The van der Waals surface area contributed by atoms with Crippen molar-refractivity contribution in [3.63, 3.8) is 0 Å². The fraction of sp³-hybridized carbons (Fsp3) is 0.353. The molecule has 0 N–H and O–H groups in total. The van der Waals surface area contributed by atoms with Gasteiger partial charge in [-0.15, -0.1) is 15.3 Å². The summed E-state index contributed by atoms with van der Waals surface area (Å²) < 4.78 is 1.85. The summed E-state index contributed by atoms with van der Waals surface area (Å²) in [6.07, 6.45) is 0. The molecule has 0 saturated carbocycles. The summed E-state index contributed by atoms with van der Waals surface area (Å²) in [5.74, 6) is 1.77. The van der Waals surface area contributed by atoms with E-state index in [1.54, 1.807) is 0 Å². The highest BCUT2D eigenvalue weighted by molar-refractivity contribution is 5.60. The van der Waals surface area contributed by atoms with E-state index in [0.29, 0.717) is 0 Å². The highest BCUT2D eigenvalue weighted by Gasteiger charge is 2.17. The lowest BCUT2D eigenvalue weighted by atomic mass is 10.1. The van der Waals surface area contributed by atoms with Crippen molar-refractivity contribution in [2.45, 2.75) is 6.92 Å². The minimum atomic E-state index is 0.776. The molecule has 118 valence electrons. The zero-order valence-electron chi connectivity index (χ0n) is 13.5. The first-order valence-corrected chi connectivity index (χ1v) is 7.94. The molecule has 3 heterocycles. The van der Waals surface area contributed by atoms with Crippen LogP contribution in [-0.4, -0.2) is 57.9 Å². The molecule has 0 radical (unpaired) electrons. The highest BCUT2D eigenvalue weighted by atomic mass is 15.4. The predicted molar refractivity (Wildman–Crippen MR) is 90.7 cm³/mol. The average Bonchev–Trinajstić information content (AvgIpc) is 2.99. The third kappa shape index (κ3) is 2.66. The van der Waals surface area contributed by atoms with Crippen molar-refractivity contribution >= 4 is 11.5 Å². The minimum Gasteiger partial charge on any atom is -0.353 e. The third-order valence-corrected chi connectivity index (χ3v) is 4.39. The second kappa shape index (κ2) is 5.62. The summed E-state index contributed by atoms with van der Waals surface area (Å²) in [4.78, 5) is 4.66. The van der Waals surface area contributed by atoms with Gasteiger partial charge in [-0.1, -0.05) is 29.8 Å². The standard InChI is InChI=1S/C17H20N6/c1-13-3-5-14(6-4-13)17-19-18-15-7-8-16(20-23(15)17)22-11-9-21(2)10-12-22/h3-8H,9-12H2,1-2H3. The SMILES string of the molecule is Cc1ccc(-c2nnc3ccc(N4CCN(C)CC4)nn23)cc1. The van der Waals surface area contributed by atoms with Gasteiger partial charge in [-0.05, 0) is 26.1 Å². The molecule has 2 aromatic heterocycles. The normalized spacial score (nSPS) is 16.2. The number of nitrogens with zero attached hydrogens (tertiary/aromatic N) is 6. The van der Waals surface area contributed by atoms with Crippen LogP contribution in [-0.2, 0) is 0 Å². The van der Waals surface area contributed by atoms with E-state index in [1.807, 2.05) is 16.6 Å². The van der Waals surface area contributed by atoms with E-state index in [-0.39, 0.29) is 0 Å². The van der Waals surface area contributed by atoms with Crippen LogP contribution in [0.1, 0.15) is 5.56 Å². The van der Waals surface area contributed by atoms with Crippen molar-refractivity contribution < 1.29 is 0 Å². The van der Waals surface area contributed by atoms with Gasteiger partial charge in [0.2, 0.25) is 0 Å². The summed E-state index contributed by atoms with van der Waals surface area (Å²) in [5, 5.41) is 13.3. The zero-order chi connectivity index (χ0) is 15.8. The summed E-state index contributed by atoms with van der Waals surface area (Å²) in [6.45, 7) is 6.20. The van der Waals surface area contributed by atoms with Gasteiger partial charge in [0.05, 0.1) is 0 Å². The maximum atomic E-state index is 4.78. The number of benzene rings is 1. The number of aromatic nitrogens is 4. The van der Waals surface area contributed by atoms with Crippen molar-refractivity contribution in [3.8, 4) is 11.4 Å². The summed E-state index contributed by atoms with van der Waals surface area (Å²) in [7, 11) is 2.16. The molecule has 0 aliphatic carbocycles. The van der Waals surface area contributed by atoms with Crippen LogP contribution >= 0.6 is 0 Å². The van der Waals surface area contributed by atoms with Gasteiger partial charge in [-0.2, -0.15) is 4.52 Å². The number of anilines is 1. The Balaban J connectivity index is 1.73. The molecule has 1 fully saturated rings. The Morgan fingerprint density at radius 1 is 0.870 bits per heavy atom. The van der Waals surface area contributed by atoms with E-state index in [0.717, 1.165) is 49.0 Å². The third-order valence-electron chi connectivity index (χ3n) is 4.39. The number of rotatable bonds is 2. The fourth-order valence-corrected chi connectivity index (χ4v) is 2.87. The van der Waals surface area contributed by atoms with Crippen LogP contribution in [0.4, 0.5) is 5.82 Å². The Bertz CT molecular complexity index is 815. The number of hydrogen-bond donors (Lipinski definition) is 0. The molecule has 4 rings (SSSR count). The molecule has 23 heavy (non-hydrogen) atoms. The van der Waals surface area contributed by atoms with Crippen LogP contribution in [0.5, 0.6) is 0 Å². The van der Waals surface area contributed by atoms with Gasteiger partial charge in [0.15, 0.2) is 11.5 Å². The molecule has 1 saturated heterocycles. The van der Waals surface area contributed by atoms with E-state index in [9.17, 15) is 0 Å². The molecule has 0 atom stereocenters. The topological polar surface area (TPSA) is 49.6 Å². The quantitative estimate of drug-likeness (QED) is 0.723. The summed E-state index contributed by atoms with van der Waals surface area (Å²) in [5.41, 5.74) is 3.04. The van der Waals surface area contributed by atoms with Crippen molar-refractivity contribution in [2.24, 2.45) is 0 Å². The second-order valence-electron chi connectivity index (χ2n) is 6.14. The van der Waals surface area contributed by atoms with Gasteiger partial charge in [-0.3, -0.25) is 0 Å². The maximum absolute atomic E-state index is 4.78. The van der Waals surface area contributed by atoms with Crippen molar-refractivity contribution in [1.29, 1.82) is 0 Å². The number of piperazine rings is 1. The van der Waals surface area contributed by atoms with Crippen LogP contribution < -0.4 is 4.90 Å². The van der Waals surface area contributed by atoms with Gasteiger partial charge in [0.1, 0.15) is 5.82 Å². The Morgan fingerprint density at radius 3 is 2.35 bits per heavy atom. The zero-order valence-corrected chi connectivity index (χ0v) is 13.5. The first-order chi connectivity index (χ1) is 11.2. The second-order valence-corrected chi connectivity index (χ2v) is 6.14. The Kier molecular flexibility index (Phi) is 3.46. The monoisotopic (exact) mass is 308 g/mol. The van der Waals surface area contributed by atoms with E-state index in [1.165, 1.54) is 5.56 Å². The molecule has 0 bridgehead atoms. The van der Waals surface area contributed by atoms with Crippen molar-refractivity contribution in [2.75, 3.05) is 38.1 Å². The highest BCUT2D eigenvalue weighted by Crippen LogP contribution is 2.20. The molecule has 1 aromatic carbocycles. The smallest absolute Gasteiger partial charge is 0.185 e. The lowest BCUT2D eigenvalue weighted by Gasteiger charge is -2.33. The molecule has 6 nitrogen and oxygen atoms in total. The van der Waals surface area contributed by atoms with Crippen LogP contribution in [0, 0.1) is 6.92 Å². The first kappa shape index (κ1) is 14.1. The largest absolute Gasteiger partial charge is 0.353 e. The molecule has 0 amide bonds. The molecule has 1 aliphatic heterocycles. The van der Waals surface area contributed by atoms with Crippen LogP contribution in [0.15, 0.2) is 36.4 Å². The van der Waals surface area contributed by atoms with E-state index < -0.39 is 0 Å². The lowest BCUT2D eigenvalue weighted by Crippen LogP contribution is -2.44. The van der Waals surface area contributed by atoms with Crippen molar-refractivity contribution in [3.05, 3.63) is 42.0 Å². The Hall–Kier alpha value is -2.47. The summed E-state index contributed by atoms with van der Waals surface area (Å²) in [6, 6.07) is 12.3. The van der Waals surface area contributed by atoms with Crippen molar-refractivity contribution in [1.82, 2.24) is 24.7 Å². The number of fused-ring (bicyclic) bond motifs is 1. The number of hydrogen-bond acceptors (Lipinski definition) is 5. The molecular weight excluding hydrogens is 288 g/mol. The van der Waals surface area contributed by atoms with E-state index in [4.69, 9.17) is 5.10 Å². The van der Waals surface area contributed by atoms with Crippen LogP contribution in [0.3, 0.4) is 0 Å². The lowest BCUT2D eigenvalue weighted by molar-refractivity contribution is 0.311. The average molecular weight is 308 g/mol. The van der Waals surface area contributed by atoms with Gasteiger partial charge < -0.3 is 9.80 Å². The maximum Gasteiger partial charge on any atom is 0.185 e. The van der Waals surface area contributed by atoms with Crippen LogP contribution in [0.25, 0.3) is 17.0 Å². The first-order valence-electron chi connectivity index (χ1n) is 7.94. The Morgan fingerprint density at radius 2 is 1.61 bits per heavy atom. The minimum absolute atomic E-state index is 0.776. The number of aryl methyl sites for hydroxylation is 1. The molecular formula is C17H20N6. The van der Waals surface area contributed by atoms with E-state index >= 15 is 0 Å². The fourth-order valence-electron chi connectivity index (χ4n) is 2.87. The van der Waals surface area contributed by atoms with Gasteiger partial charge in [0.25, 0.3) is 0 Å².